The fourth-order valence-corrected chi connectivity index (χ4v) is 1.59. The fourth-order valence-electron chi connectivity index (χ4n) is 1.43. The summed E-state index contributed by atoms with van der Waals surface area (Å²) in [5.41, 5.74) is 0.120. The summed E-state index contributed by atoms with van der Waals surface area (Å²) in [5.74, 6) is 0.716. The average molecular weight is 281 g/mol. The van der Waals surface area contributed by atoms with Crippen LogP contribution in [0.3, 0.4) is 0 Å². The molecule has 2 rings (SSSR count). The summed E-state index contributed by atoms with van der Waals surface area (Å²) in [6.07, 6.45) is 2.85. The molecule has 8 heteroatoms. The van der Waals surface area contributed by atoms with E-state index in [9.17, 15) is 10.1 Å². The van der Waals surface area contributed by atoms with Gasteiger partial charge in [-0.3, -0.25) is 10.1 Å². The molecule has 98 valence electrons. The number of benzene rings is 1. The second kappa shape index (κ2) is 5.49. The van der Waals surface area contributed by atoms with Crippen molar-refractivity contribution >= 4 is 28.8 Å². The van der Waals surface area contributed by atoms with Gasteiger partial charge in [0, 0.05) is 24.5 Å². The molecule has 0 aliphatic carbocycles. The number of nitrogens with zero attached hydrogens (tertiary/aromatic N) is 3. The molecule has 0 aliphatic rings. The van der Waals surface area contributed by atoms with Crippen LogP contribution in [0.25, 0.3) is 0 Å². The molecule has 0 atom stereocenters. The molecule has 19 heavy (non-hydrogen) atoms. The summed E-state index contributed by atoms with van der Waals surface area (Å²) in [7, 11) is 1.47. The highest BCUT2D eigenvalue weighted by atomic mass is 35.5. The van der Waals surface area contributed by atoms with Gasteiger partial charge in [0.2, 0.25) is 0 Å². The molecule has 0 saturated carbocycles. The number of methoxy groups -OCH3 is 1. The summed E-state index contributed by atoms with van der Waals surface area (Å²) in [6.45, 7) is 0. The quantitative estimate of drug-likeness (QED) is 0.684. The van der Waals surface area contributed by atoms with Crippen LogP contribution in [0.5, 0.6) is 5.75 Å². The van der Waals surface area contributed by atoms with Crippen molar-refractivity contribution < 1.29 is 9.66 Å². The highest BCUT2D eigenvalue weighted by molar-refractivity contribution is 6.31. The molecule has 2 aromatic rings. The third kappa shape index (κ3) is 2.89. The van der Waals surface area contributed by atoms with Gasteiger partial charge in [0.1, 0.15) is 11.4 Å². The number of nitro groups is 1. The van der Waals surface area contributed by atoms with E-state index in [0.717, 1.165) is 0 Å². The average Bonchev–Trinajstić information content (AvgIpc) is 2.41. The Labute approximate surface area is 113 Å². The standard InChI is InChI=1S/C11H9ClN4O3/c1-19-7-2-3-9(16(17)18)8(6-7)15-11-10(12)13-4-5-14-11/h2-6H,1H3,(H,14,15). The van der Waals surface area contributed by atoms with Crippen LogP contribution in [0.15, 0.2) is 30.6 Å². The first-order valence-electron chi connectivity index (χ1n) is 5.18. The Balaban J connectivity index is 2.43. The number of nitro benzene ring substituents is 1. The lowest BCUT2D eigenvalue weighted by Crippen LogP contribution is -2.00. The van der Waals surface area contributed by atoms with Gasteiger partial charge >= 0.3 is 0 Å². The van der Waals surface area contributed by atoms with Crippen LogP contribution in [-0.4, -0.2) is 22.0 Å². The summed E-state index contributed by atoms with van der Waals surface area (Å²) in [6, 6.07) is 4.33. The van der Waals surface area contributed by atoms with E-state index in [1.54, 1.807) is 0 Å². The van der Waals surface area contributed by atoms with Crippen molar-refractivity contribution in [3.05, 3.63) is 45.9 Å². The number of halogens is 1. The first-order chi connectivity index (χ1) is 9.11. The molecule has 0 aliphatic heterocycles. The maximum Gasteiger partial charge on any atom is 0.292 e. The molecule has 0 unspecified atom stereocenters. The minimum absolute atomic E-state index is 0.109. The zero-order valence-corrected chi connectivity index (χ0v) is 10.6. The van der Waals surface area contributed by atoms with Gasteiger partial charge in [-0.05, 0) is 6.07 Å². The SMILES string of the molecule is COc1ccc([N+](=O)[O-])c(Nc2nccnc2Cl)c1. The van der Waals surface area contributed by atoms with Crippen LogP contribution in [0.2, 0.25) is 5.15 Å². The zero-order valence-electron chi connectivity index (χ0n) is 9.83. The Morgan fingerprint density at radius 2 is 2.11 bits per heavy atom. The number of ether oxygens (including phenoxy) is 1. The van der Waals surface area contributed by atoms with E-state index in [0.29, 0.717) is 5.75 Å². The van der Waals surface area contributed by atoms with Crippen LogP contribution in [-0.2, 0) is 0 Å². The molecule has 0 saturated heterocycles. The monoisotopic (exact) mass is 280 g/mol. The van der Waals surface area contributed by atoms with Crippen LogP contribution in [0, 0.1) is 10.1 Å². The van der Waals surface area contributed by atoms with Crippen molar-refractivity contribution in [1.82, 2.24) is 9.97 Å². The van der Waals surface area contributed by atoms with Crippen molar-refractivity contribution in [3.63, 3.8) is 0 Å². The molecule has 1 aromatic carbocycles. The van der Waals surface area contributed by atoms with Crippen molar-refractivity contribution in [2.24, 2.45) is 0 Å². The van der Waals surface area contributed by atoms with Crippen LogP contribution in [0.4, 0.5) is 17.2 Å². The van der Waals surface area contributed by atoms with Crippen LogP contribution < -0.4 is 10.1 Å². The lowest BCUT2D eigenvalue weighted by Gasteiger charge is -2.08. The fraction of sp³-hybridized carbons (Fsp3) is 0.0909. The predicted octanol–water partition coefficient (Wildman–Crippen LogP) is 2.79. The van der Waals surface area contributed by atoms with E-state index in [-0.39, 0.29) is 22.3 Å². The highest BCUT2D eigenvalue weighted by Crippen LogP contribution is 2.32. The van der Waals surface area contributed by atoms with E-state index in [1.165, 1.54) is 37.7 Å². The van der Waals surface area contributed by atoms with Gasteiger partial charge in [0.05, 0.1) is 12.0 Å². The molecular formula is C11H9ClN4O3. The topological polar surface area (TPSA) is 90.2 Å². The molecule has 0 amide bonds. The number of hydrogen-bond acceptors (Lipinski definition) is 6. The highest BCUT2D eigenvalue weighted by Gasteiger charge is 2.16. The molecule has 1 aromatic heterocycles. The van der Waals surface area contributed by atoms with E-state index in [4.69, 9.17) is 16.3 Å². The van der Waals surface area contributed by atoms with Gasteiger partial charge in [-0.25, -0.2) is 9.97 Å². The second-order valence-electron chi connectivity index (χ2n) is 3.46. The Morgan fingerprint density at radius 3 is 2.74 bits per heavy atom. The first-order valence-corrected chi connectivity index (χ1v) is 5.55. The van der Waals surface area contributed by atoms with Crippen molar-refractivity contribution in [3.8, 4) is 5.75 Å². The summed E-state index contributed by atoms with van der Waals surface area (Å²) in [5, 5.41) is 13.8. The van der Waals surface area contributed by atoms with E-state index in [2.05, 4.69) is 15.3 Å². The molecule has 7 nitrogen and oxygen atoms in total. The molecule has 1 N–H and O–H groups in total. The Bertz CT molecular complexity index is 621. The molecule has 0 radical (unpaired) electrons. The van der Waals surface area contributed by atoms with Gasteiger partial charge in [0.15, 0.2) is 11.0 Å². The van der Waals surface area contributed by atoms with Gasteiger partial charge < -0.3 is 10.1 Å². The summed E-state index contributed by atoms with van der Waals surface area (Å²) < 4.78 is 5.03. The molecule has 0 bridgehead atoms. The van der Waals surface area contributed by atoms with Gasteiger partial charge in [-0.1, -0.05) is 11.6 Å². The lowest BCUT2D eigenvalue weighted by atomic mass is 10.2. The number of nitrogens with one attached hydrogen (secondary N) is 1. The number of aromatic nitrogens is 2. The molecule has 0 spiro atoms. The Hall–Kier alpha value is -2.41. The third-order valence-corrected chi connectivity index (χ3v) is 2.58. The smallest absolute Gasteiger partial charge is 0.292 e. The Morgan fingerprint density at radius 1 is 1.37 bits per heavy atom. The summed E-state index contributed by atoms with van der Waals surface area (Å²) in [4.78, 5) is 18.2. The van der Waals surface area contributed by atoms with Crippen LogP contribution >= 0.6 is 11.6 Å². The van der Waals surface area contributed by atoms with E-state index < -0.39 is 4.92 Å². The minimum Gasteiger partial charge on any atom is -0.497 e. The van der Waals surface area contributed by atoms with Crippen molar-refractivity contribution in [1.29, 1.82) is 0 Å². The van der Waals surface area contributed by atoms with Gasteiger partial charge in [-0.15, -0.1) is 0 Å². The van der Waals surface area contributed by atoms with Gasteiger partial charge in [0.25, 0.3) is 5.69 Å². The largest absolute Gasteiger partial charge is 0.497 e. The number of rotatable bonds is 4. The number of hydrogen-bond donors (Lipinski definition) is 1. The first kappa shape index (κ1) is 13.0. The number of anilines is 2. The van der Waals surface area contributed by atoms with E-state index >= 15 is 0 Å². The summed E-state index contributed by atoms with van der Waals surface area (Å²) >= 11 is 5.84. The van der Waals surface area contributed by atoms with Crippen molar-refractivity contribution in [2.45, 2.75) is 0 Å². The lowest BCUT2D eigenvalue weighted by molar-refractivity contribution is -0.383. The maximum absolute atomic E-state index is 11.0. The van der Waals surface area contributed by atoms with E-state index in [1.807, 2.05) is 0 Å². The Kier molecular flexibility index (Phi) is 3.76. The van der Waals surface area contributed by atoms with Gasteiger partial charge in [-0.2, -0.15) is 0 Å². The third-order valence-electron chi connectivity index (χ3n) is 2.31. The normalized spacial score (nSPS) is 10.0. The molecule has 1 heterocycles. The predicted molar refractivity (Wildman–Crippen MR) is 70.0 cm³/mol. The minimum atomic E-state index is -0.508. The molecular weight excluding hydrogens is 272 g/mol. The maximum atomic E-state index is 11.0. The molecule has 0 fully saturated rings. The second-order valence-corrected chi connectivity index (χ2v) is 3.82. The zero-order chi connectivity index (χ0) is 13.8. The van der Waals surface area contributed by atoms with Crippen molar-refractivity contribution in [2.75, 3.05) is 12.4 Å². The van der Waals surface area contributed by atoms with Crippen LogP contribution in [0.1, 0.15) is 0 Å².